The van der Waals surface area contributed by atoms with Crippen molar-refractivity contribution >= 4 is 11.6 Å². The van der Waals surface area contributed by atoms with Gasteiger partial charge in [0, 0.05) is 17.0 Å². The van der Waals surface area contributed by atoms with Crippen molar-refractivity contribution in [2.45, 2.75) is 19.8 Å². The lowest BCUT2D eigenvalue weighted by Crippen LogP contribution is -2.20. The van der Waals surface area contributed by atoms with Gasteiger partial charge in [0.1, 0.15) is 17.3 Å². The molecule has 0 bridgehead atoms. The number of aromatic nitrogens is 4. The summed E-state index contributed by atoms with van der Waals surface area (Å²) < 4.78 is 31.1. The lowest BCUT2D eigenvalue weighted by Gasteiger charge is -2.10. The lowest BCUT2D eigenvalue weighted by atomic mass is 10.2. The third-order valence-corrected chi connectivity index (χ3v) is 4.02. The van der Waals surface area contributed by atoms with Gasteiger partial charge in [-0.25, -0.2) is 18.9 Å². The number of rotatable bonds is 5. The van der Waals surface area contributed by atoms with Crippen molar-refractivity contribution in [1.29, 1.82) is 5.26 Å². The van der Waals surface area contributed by atoms with Crippen LogP contribution in [0.2, 0.25) is 5.02 Å². The molecule has 0 aliphatic carbocycles. The molecule has 2 aromatic heterocycles. The van der Waals surface area contributed by atoms with E-state index in [1.165, 1.54) is 25.1 Å². The highest BCUT2D eigenvalue weighted by Gasteiger charge is 2.16. The molecule has 0 amide bonds. The van der Waals surface area contributed by atoms with Crippen molar-refractivity contribution in [2.24, 2.45) is 0 Å². The Bertz CT molecular complexity index is 1230. The number of nitriles is 1. The molecule has 0 unspecified atom stereocenters. The Kier molecular flexibility index (Phi) is 5.70. The molecule has 0 radical (unpaired) electrons. The van der Waals surface area contributed by atoms with Gasteiger partial charge < -0.3 is 9.72 Å². The van der Waals surface area contributed by atoms with Gasteiger partial charge in [-0.3, -0.25) is 9.59 Å². The molecule has 0 aliphatic heterocycles. The number of aromatic amines is 2. The zero-order valence-electron chi connectivity index (χ0n) is 14.8. The fourth-order valence-electron chi connectivity index (χ4n) is 2.53. The molecule has 3 rings (SSSR count). The van der Waals surface area contributed by atoms with Crippen LogP contribution in [0.3, 0.4) is 0 Å². The number of hydrogen-bond acceptors (Lipinski definition) is 6. The number of nitrogens with zero attached hydrogens (tertiary/aromatic N) is 3. The molecule has 8 nitrogen and oxygen atoms in total. The summed E-state index contributed by atoms with van der Waals surface area (Å²) in [5, 5.41) is 14.5. The van der Waals surface area contributed by atoms with Gasteiger partial charge in [-0.05, 0) is 31.2 Å². The van der Waals surface area contributed by atoms with E-state index in [1.54, 1.807) is 0 Å². The maximum atomic E-state index is 12.8. The van der Waals surface area contributed by atoms with Crippen LogP contribution < -0.4 is 15.9 Å². The van der Waals surface area contributed by atoms with Gasteiger partial charge in [-0.15, -0.1) is 0 Å². The number of nitrogens with one attached hydrogen (secondary N) is 2. The molecule has 3 aromatic rings. The van der Waals surface area contributed by atoms with E-state index in [0.29, 0.717) is 0 Å². The molecule has 0 atom stereocenters. The second-order valence-corrected chi connectivity index (χ2v) is 6.38. The van der Waals surface area contributed by atoms with Gasteiger partial charge >= 0.3 is 0 Å². The van der Waals surface area contributed by atoms with Gasteiger partial charge in [0.15, 0.2) is 0 Å². The van der Waals surface area contributed by atoms with E-state index < -0.39 is 23.2 Å². The summed E-state index contributed by atoms with van der Waals surface area (Å²) in [6.45, 7) is 1.51. The second kappa shape index (κ2) is 8.20. The molecule has 2 N–H and O–H groups in total. The Balaban J connectivity index is 1.92. The molecule has 29 heavy (non-hydrogen) atoms. The van der Waals surface area contributed by atoms with Crippen LogP contribution in [0.5, 0.6) is 11.5 Å². The maximum Gasteiger partial charge on any atom is 0.294 e. The Labute approximate surface area is 166 Å². The quantitative estimate of drug-likeness (QED) is 0.655. The minimum absolute atomic E-state index is 0.0278. The summed E-state index contributed by atoms with van der Waals surface area (Å²) >= 11 is 5.92. The number of aryl methyl sites for hydroxylation is 1. The molecule has 0 saturated heterocycles. The topological polar surface area (TPSA) is 125 Å². The summed E-state index contributed by atoms with van der Waals surface area (Å²) in [6, 6.07) is 7.15. The van der Waals surface area contributed by atoms with Gasteiger partial charge in [0.2, 0.25) is 5.75 Å². The van der Waals surface area contributed by atoms with E-state index in [9.17, 15) is 18.4 Å². The summed E-state index contributed by atoms with van der Waals surface area (Å²) in [5.74, 6) is 0.127. The number of H-pyrrole nitrogens is 2. The standard InChI is InChI=1S/C18H12ClF2N5O3/c1-8-15(29-12-3-9(7-22)2-11(19)6-12)18(28)24-14(23-8)5-10-4-13(16(20)21)25-26-17(10)27/h2-4,6,16H,5H2,1H3,(H,26,27)(H,23,24,28). The van der Waals surface area contributed by atoms with Crippen LogP contribution in [0.25, 0.3) is 0 Å². The molecule has 0 spiro atoms. The van der Waals surface area contributed by atoms with Crippen LogP contribution in [0.1, 0.15) is 34.8 Å². The molecule has 2 heterocycles. The summed E-state index contributed by atoms with van der Waals surface area (Å²) in [4.78, 5) is 30.9. The highest BCUT2D eigenvalue weighted by Crippen LogP contribution is 2.25. The van der Waals surface area contributed by atoms with Crippen LogP contribution in [0.15, 0.2) is 33.9 Å². The zero-order valence-corrected chi connectivity index (χ0v) is 15.6. The summed E-state index contributed by atoms with van der Waals surface area (Å²) in [7, 11) is 0. The first kappa shape index (κ1) is 20.2. The van der Waals surface area contributed by atoms with Crippen molar-refractivity contribution in [2.75, 3.05) is 0 Å². The summed E-state index contributed by atoms with van der Waals surface area (Å²) in [6.07, 6.45) is -3.05. The zero-order chi connectivity index (χ0) is 21.1. The Morgan fingerprint density at radius 2 is 2.00 bits per heavy atom. The number of hydrogen-bond donors (Lipinski definition) is 2. The van der Waals surface area contributed by atoms with E-state index in [4.69, 9.17) is 21.6 Å². The highest BCUT2D eigenvalue weighted by molar-refractivity contribution is 6.30. The number of ether oxygens (including phenoxy) is 1. The average molecular weight is 420 g/mol. The fraction of sp³-hybridized carbons (Fsp3) is 0.167. The first-order valence-corrected chi connectivity index (χ1v) is 8.49. The van der Waals surface area contributed by atoms with Crippen molar-refractivity contribution in [1.82, 2.24) is 20.2 Å². The molecule has 0 aliphatic rings. The summed E-state index contributed by atoms with van der Waals surface area (Å²) in [5.41, 5.74) is -1.49. The molecule has 0 fully saturated rings. The first-order chi connectivity index (χ1) is 13.8. The SMILES string of the molecule is Cc1nc(Cc2cc(C(F)F)n[nH]c2=O)[nH]c(=O)c1Oc1cc(Cl)cc(C#N)c1. The minimum Gasteiger partial charge on any atom is -0.450 e. The van der Waals surface area contributed by atoms with Crippen LogP contribution in [-0.4, -0.2) is 20.2 Å². The largest absolute Gasteiger partial charge is 0.450 e. The number of halogens is 3. The minimum atomic E-state index is -2.86. The number of benzene rings is 1. The van der Waals surface area contributed by atoms with Crippen molar-refractivity contribution in [3.63, 3.8) is 0 Å². The van der Waals surface area contributed by atoms with Crippen molar-refractivity contribution in [3.8, 4) is 17.6 Å². The molecular weight excluding hydrogens is 408 g/mol. The predicted molar refractivity (Wildman–Crippen MR) is 98.5 cm³/mol. The van der Waals surface area contributed by atoms with Gasteiger partial charge in [-0.2, -0.15) is 10.4 Å². The molecule has 0 saturated carbocycles. The molecule has 11 heteroatoms. The van der Waals surface area contributed by atoms with E-state index in [-0.39, 0.29) is 45.6 Å². The van der Waals surface area contributed by atoms with Crippen LogP contribution in [-0.2, 0) is 6.42 Å². The van der Waals surface area contributed by atoms with Gasteiger partial charge in [0.25, 0.3) is 17.5 Å². The highest BCUT2D eigenvalue weighted by atomic mass is 35.5. The maximum absolute atomic E-state index is 12.8. The van der Waals surface area contributed by atoms with Gasteiger partial charge in [-0.1, -0.05) is 11.6 Å². The van der Waals surface area contributed by atoms with Gasteiger partial charge in [0.05, 0.1) is 17.3 Å². The molecular formula is C18H12ClF2N5O3. The van der Waals surface area contributed by atoms with Crippen molar-refractivity contribution in [3.05, 3.63) is 78.3 Å². The van der Waals surface area contributed by atoms with Crippen LogP contribution in [0.4, 0.5) is 8.78 Å². The Morgan fingerprint density at radius 3 is 2.66 bits per heavy atom. The van der Waals surface area contributed by atoms with E-state index in [2.05, 4.69) is 15.1 Å². The predicted octanol–water partition coefficient (Wildman–Crippen LogP) is 3.01. The fourth-order valence-corrected chi connectivity index (χ4v) is 2.75. The monoisotopic (exact) mass is 419 g/mol. The van der Waals surface area contributed by atoms with Crippen LogP contribution >= 0.6 is 11.6 Å². The van der Waals surface area contributed by atoms with E-state index >= 15 is 0 Å². The third kappa shape index (κ3) is 4.64. The smallest absolute Gasteiger partial charge is 0.294 e. The number of alkyl halides is 2. The van der Waals surface area contributed by atoms with Crippen molar-refractivity contribution < 1.29 is 13.5 Å². The Hall–Kier alpha value is -3.58. The molecule has 148 valence electrons. The third-order valence-electron chi connectivity index (χ3n) is 3.80. The normalized spacial score (nSPS) is 10.8. The van der Waals surface area contributed by atoms with E-state index in [1.807, 2.05) is 11.2 Å². The molecule has 1 aromatic carbocycles. The second-order valence-electron chi connectivity index (χ2n) is 5.94. The Morgan fingerprint density at radius 1 is 1.24 bits per heavy atom. The first-order valence-electron chi connectivity index (χ1n) is 8.12. The lowest BCUT2D eigenvalue weighted by molar-refractivity contribution is 0.144. The van der Waals surface area contributed by atoms with Crippen LogP contribution in [0, 0.1) is 18.3 Å². The van der Waals surface area contributed by atoms with E-state index in [0.717, 1.165) is 6.07 Å². The average Bonchev–Trinajstić information content (AvgIpc) is 2.66.